The molecule has 5 rings (SSSR count). The van der Waals surface area contributed by atoms with Gasteiger partial charge in [-0.2, -0.15) is 4.37 Å². The molecule has 1 aliphatic rings. The van der Waals surface area contributed by atoms with Crippen LogP contribution in [0.25, 0.3) is 22.4 Å². The van der Waals surface area contributed by atoms with Crippen LogP contribution >= 0.6 is 11.5 Å². The van der Waals surface area contributed by atoms with Crippen LogP contribution in [0.1, 0.15) is 47.8 Å². The van der Waals surface area contributed by atoms with Crippen molar-refractivity contribution in [2.24, 2.45) is 0 Å². The molecule has 33 heavy (non-hydrogen) atoms. The largest absolute Gasteiger partial charge is 0.441 e. The van der Waals surface area contributed by atoms with E-state index in [4.69, 9.17) is 4.74 Å². The van der Waals surface area contributed by atoms with Crippen LogP contribution in [0.15, 0.2) is 78.9 Å². The Morgan fingerprint density at radius 3 is 2.18 bits per heavy atom. The van der Waals surface area contributed by atoms with Gasteiger partial charge in [-0.15, -0.1) is 0 Å². The number of amides is 1. The molecule has 1 atom stereocenters. The van der Waals surface area contributed by atoms with Crippen molar-refractivity contribution < 1.29 is 9.53 Å². The van der Waals surface area contributed by atoms with Crippen LogP contribution in [0.3, 0.4) is 0 Å². The zero-order valence-corrected chi connectivity index (χ0v) is 19.6. The lowest BCUT2D eigenvalue weighted by atomic mass is 10.00. The van der Waals surface area contributed by atoms with E-state index in [9.17, 15) is 4.79 Å². The molecule has 1 saturated carbocycles. The molecule has 0 unspecified atom stereocenters. The van der Waals surface area contributed by atoms with E-state index in [0.717, 1.165) is 27.6 Å². The molecule has 166 valence electrons. The van der Waals surface area contributed by atoms with Gasteiger partial charge in [-0.1, -0.05) is 78.9 Å². The number of rotatable bonds is 6. The van der Waals surface area contributed by atoms with Crippen molar-refractivity contribution in [3.63, 3.8) is 0 Å². The van der Waals surface area contributed by atoms with Crippen LogP contribution in [0.4, 0.5) is 10.5 Å². The number of hydrogen-bond acceptors (Lipinski definition) is 4. The first kappa shape index (κ1) is 21.4. The lowest BCUT2D eigenvalue weighted by molar-refractivity contribution is 0.121. The number of ether oxygens (including phenoxy) is 1. The zero-order valence-electron chi connectivity index (χ0n) is 18.7. The molecule has 1 N–H and O–H groups in total. The first-order valence-electron chi connectivity index (χ1n) is 11.3. The minimum Gasteiger partial charge on any atom is -0.441 e. The van der Waals surface area contributed by atoms with Crippen molar-refractivity contribution in [3.8, 4) is 22.4 Å². The van der Waals surface area contributed by atoms with E-state index in [1.807, 2.05) is 44.2 Å². The van der Waals surface area contributed by atoms with Crippen molar-refractivity contribution in [1.82, 2.24) is 4.37 Å². The third kappa shape index (κ3) is 4.83. The highest BCUT2D eigenvalue weighted by atomic mass is 32.1. The Labute approximate surface area is 198 Å². The van der Waals surface area contributed by atoms with Gasteiger partial charge in [0, 0.05) is 10.4 Å². The lowest BCUT2D eigenvalue weighted by Crippen LogP contribution is -2.16. The number of nitrogens with one attached hydrogen (secondary N) is 1. The molecule has 0 aliphatic heterocycles. The number of anilines is 1. The molecule has 0 spiro atoms. The Bertz CT molecular complexity index is 1240. The molecule has 4 aromatic rings. The van der Waals surface area contributed by atoms with Gasteiger partial charge in [-0.05, 0) is 66.4 Å². The number of aryl methyl sites for hydroxylation is 1. The quantitative estimate of drug-likeness (QED) is 0.321. The van der Waals surface area contributed by atoms with E-state index in [2.05, 4.69) is 58.2 Å². The van der Waals surface area contributed by atoms with Gasteiger partial charge in [-0.3, -0.25) is 5.32 Å². The Balaban J connectivity index is 1.30. The summed E-state index contributed by atoms with van der Waals surface area (Å²) in [4.78, 5) is 13.5. The van der Waals surface area contributed by atoms with Gasteiger partial charge < -0.3 is 4.74 Å². The van der Waals surface area contributed by atoms with Gasteiger partial charge in [0.2, 0.25) is 0 Å². The summed E-state index contributed by atoms with van der Waals surface area (Å²) in [5.41, 5.74) is 7.19. The van der Waals surface area contributed by atoms with Crippen LogP contribution < -0.4 is 5.32 Å². The summed E-state index contributed by atoms with van der Waals surface area (Å²) in [5, 5.41) is 2.91. The fourth-order valence-corrected chi connectivity index (χ4v) is 4.65. The van der Waals surface area contributed by atoms with E-state index in [1.54, 1.807) is 0 Å². The summed E-state index contributed by atoms with van der Waals surface area (Å²) in [6.07, 6.45) is 1.81. The van der Waals surface area contributed by atoms with Crippen molar-refractivity contribution in [2.75, 3.05) is 5.32 Å². The topological polar surface area (TPSA) is 51.2 Å². The molecule has 3 aromatic carbocycles. The van der Waals surface area contributed by atoms with E-state index in [0.29, 0.717) is 5.69 Å². The first-order chi connectivity index (χ1) is 16.1. The predicted molar refractivity (Wildman–Crippen MR) is 135 cm³/mol. The average molecular weight is 455 g/mol. The van der Waals surface area contributed by atoms with E-state index < -0.39 is 6.09 Å². The first-order valence-corrected chi connectivity index (χ1v) is 12.1. The molecule has 4 nitrogen and oxygen atoms in total. The summed E-state index contributed by atoms with van der Waals surface area (Å²) >= 11 is 1.37. The highest BCUT2D eigenvalue weighted by Crippen LogP contribution is 2.40. The van der Waals surface area contributed by atoms with Gasteiger partial charge >= 0.3 is 6.09 Å². The number of nitrogens with zero attached hydrogens (tertiary/aromatic N) is 1. The van der Waals surface area contributed by atoms with Crippen LogP contribution in [0, 0.1) is 6.92 Å². The Morgan fingerprint density at radius 1 is 0.939 bits per heavy atom. The van der Waals surface area contributed by atoms with Gasteiger partial charge in [0.05, 0.1) is 5.69 Å². The summed E-state index contributed by atoms with van der Waals surface area (Å²) in [6, 6.07) is 26.9. The molecular formula is C28H26N2O2S. The van der Waals surface area contributed by atoms with Crippen molar-refractivity contribution in [1.29, 1.82) is 0 Å². The highest BCUT2D eigenvalue weighted by Gasteiger charge is 2.23. The molecule has 1 fully saturated rings. The lowest BCUT2D eigenvalue weighted by Gasteiger charge is -2.14. The number of benzene rings is 3. The van der Waals surface area contributed by atoms with E-state index in [1.165, 1.54) is 41.1 Å². The maximum Gasteiger partial charge on any atom is 0.412 e. The summed E-state index contributed by atoms with van der Waals surface area (Å²) in [7, 11) is 0. The minimum atomic E-state index is -0.483. The average Bonchev–Trinajstić information content (AvgIpc) is 3.64. The third-order valence-corrected chi connectivity index (χ3v) is 6.85. The molecule has 0 radical (unpaired) electrons. The Kier molecular flexibility index (Phi) is 5.97. The third-order valence-electron chi connectivity index (χ3n) is 6.09. The Morgan fingerprint density at radius 2 is 1.55 bits per heavy atom. The second kappa shape index (κ2) is 9.20. The van der Waals surface area contributed by atoms with Crippen molar-refractivity contribution >= 4 is 23.3 Å². The molecule has 0 bridgehead atoms. The fraction of sp³-hybridized carbons (Fsp3) is 0.214. The SMILES string of the molecule is Cc1snc(-c2ccc(-c3ccc(C4CC4)cc3)cc2)c1NC(=O)O[C@H](C)c1ccccc1. The van der Waals surface area contributed by atoms with Crippen molar-refractivity contribution in [3.05, 3.63) is 94.9 Å². The standard InChI is InChI=1S/C28H26N2O2S/c1-18(20-6-4-3-5-7-20)32-28(31)29-26-19(2)33-30-27(26)25-16-14-24(15-17-25)23-12-10-22(11-13-23)21-8-9-21/h3-7,10-18,21H,8-9H2,1-2H3,(H,29,31)/t18-/m1/s1. The van der Waals surface area contributed by atoms with Crippen LogP contribution in [-0.4, -0.2) is 10.5 Å². The molecule has 1 aromatic heterocycles. The maximum absolute atomic E-state index is 12.6. The second-order valence-corrected chi connectivity index (χ2v) is 9.50. The highest BCUT2D eigenvalue weighted by molar-refractivity contribution is 7.06. The predicted octanol–water partition coefficient (Wildman–Crippen LogP) is 7.97. The molecule has 1 heterocycles. The normalized spacial score (nSPS) is 14.0. The van der Waals surface area contributed by atoms with Crippen LogP contribution in [0.5, 0.6) is 0 Å². The number of hydrogen-bond donors (Lipinski definition) is 1. The molecule has 1 amide bonds. The molecule has 1 aliphatic carbocycles. The van der Waals surface area contributed by atoms with Crippen LogP contribution in [-0.2, 0) is 4.74 Å². The monoisotopic (exact) mass is 454 g/mol. The Hall–Kier alpha value is -3.44. The fourth-order valence-electron chi connectivity index (χ4n) is 3.99. The summed E-state index contributed by atoms with van der Waals surface area (Å²) in [6.45, 7) is 3.82. The van der Waals surface area contributed by atoms with Gasteiger partial charge in [0.25, 0.3) is 0 Å². The van der Waals surface area contributed by atoms with Gasteiger partial charge in [0.1, 0.15) is 11.8 Å². The zero-order chi connectivity index (χ0) is 22.8. The second-order valence-electron chi connectivity index (χ2n) is 8.52. The summed E-state index contributed by atoms with van der Waals surface area (Å²) in [5.74, 6) is 0.766. The van der Waals surface area contributed by atoms with Gasteiger partial charge in [-0.25, -0.2) is 4.79 Å². The number of aromatic nitrogens is 1. The van der Waals surface area contributed by atoms with Crippen LogP contribution in [0.2, 0.25) is 0 Å². The van der Waals surface area contributed by atoms with E-state index >= 15 is 0 Å². The minimum absolute atomic E-state index is 0.341. The van der Waals surface area contributed by atoms with Gasteiger partial charge in [0.15, 0.2) is 0 Å². The number of carbonyl (C=O) groups is 1. The maximum atomic E-state index is 12.6. The molecule has 0 saturated heterocycles. The van der Waals surface area contributed by atoms with Crippen molar-refractivity contribution in [2.45, 2.75) is 38.7 Å². The number of carbonyl (C=O) groups excluding carboxylic acids is 1. The summed E-state index contributed by atoms with van der Waals surface area (Å²) < 4.78 is 10.2. The molecule has 5 heteroatoms. The van der Waals surface area contributed by atoms with E-state index in [-0.39, 0.29) is 6.10 Å². The smallest absolute Gasteiger partial charge is 0.412 e. The molecular weight excluding hydrogens is 428 g/mol.